The van der Waals surface area contributed by atoms with Crippen LogP contribution in [-0.4, -0.2) is 6.10 Å². The van der Waals surface area contributed by atoms with Gasteiger partial charge in [0.15, 0.2) is 12.4 Å². The van der Waals surface area contributed by atoms with Crippen LogP contribution in [0, 0.1) is 0 Å². The SMILES string of the molecule is CC(C)Oc1ccc(/C=C/c2cc[nH+]cc2)cc1. The molecule has 1 N–H and O–H groups in total. The van der Waals surface area contributed by atoms with Gasteiger partial charge >= 0.3 is 0 Å². The number of aromatic amines is 1. The Kier molecular flexibility index (Phi) is 4.13. The largest absolute Gasteiger partial charge is 0.491 e. The number of hydrogen-bond donors (Lipinski definition) is 0. The third kappa shape index (κ3) is 3.74. The van der Waals surface area contributed by atoms with Crippen molar-refractivity contribution in [2.75, 3.05) is 0 Å². The molecule has 1 aromatic carbocycles. The van der Waals surface area contributed by atoms with Crippen LogP contribution in [0.4, 0.5) is 0 Å². The fourth-order valence-corrected chi connectivity index (χ4v) is 1.63. The Morgan fingerprint density at radius 1 is 0.889 bits per heavy atom. The molecule has 0 spiro atoms. The monoisotopic (exact) mass is 240 g/mol. The molecule has 0 aliphatic carbocycles. The molecule has 0 saturated heterocycles. The van der Waals surface area contributed by atoms with Crippen molar-refractivity contribution >= 4 is 12.2 Å². The molecule has 0 fully saturated rings. The molecule has 2 heteroatoms. The van der Waals surface area contributed by atoms with Crippen LogP contribution < -0.4 is 9.72 Å². The van der Waals surface area contributed by atoms with Crippen LogP contribution in [0.25, 0.3) is 12.2 Å². The highest BCUT2D eigenvalue weighted by atomic mass is 16.5. The molecule has 92 valence electrons. The van der Waals surface area contributed by atoms with Crippen LogP contribution in [0.15, 0.2) is 48.8 Å². The Labute approximate surface area is 108 Å². The summed E-state index contributed by atoms with van der Waals surface area (Å²) in [5, 5.41) is 0. The van der Waals surface area contributed by atoms with Gasteiger partial charge in [0.25, 0.3) is 0 Å². The Balaban J connectivity index is 2.04. The molecule has 2 aromatic rings. The molecular formula is C16H18NO+. The van der Waals surface area contributed by atoms with E-state index in [9.17, 15) is 0 Å². The van der Waals surface area contributed by atoms with Crippen molar-refractivity contribution in [3.05, 3.63) is 59.9 Å². The van der Waals surface area contributed by atoms with Crippen molar-refractivity contribution in [1.82, 2.24) is 0 Å². The van der Waals surface area contributed by atoms with Gasteiger partial charge < -0.3 is 4.74 Å². The summed E-state index contributed by atoms with van der Waals surface area (Å²) < 4.78 is 5.60. The van der Waals surface area contributed by atoms with Gasteiger partial charge in [-0.2, -0.15) is 0 Å². The second-order valence-corrected chi connectivity index (χ2v) is 4.40. The molecular weight excluding hydrogens is 222 g/mol. The van der Waals surface area contributed by atoms with E-state index in [2.05, 4.69) is 29.3 Å². The molecule has 0 unspecified atom stereocenters. The minimum absolute atomic E-state index is 0.215. The molecule has 1 heterocycles. The highest BCUT2D eigenvalue weighted by Gasteiger charge is 1.96. The number of aromatic nitrogens is 1. The van der Waals surface area contributed by atoms with Gasteiger partial charge in [-0.05, 0) is 37.1 Å². The van der Waals surface area contributed by atoms with Crippen LogP contribution in [0.3, 0.4) is 0 Å². The third-order valence-corrected chi connectivity index (χ3v) is 2.46. The lowest BCUT2D eigenvalue weighted by atomic mass is 10.1. The lowest BCUT2D eigenvalue weighted by Gasteiger charge is -2.09. The van der Waals surface area contributed by atoms with Gasteiger partial charge in [0.1, 0.15) is 5.75 Å². The first-order chi connectivity index (χ1) is 8.74. The Morgan fingerprint density at radius 2 is 1.44 bits per heavy atom. The highest BCUT2D eigenvalue weighted by molar-refractivity contribution is 5.69. The van der Waals surface area contributed by atoms with E-state index in [-0.39, 0.29) is 6.10 Å². The van der Waals surface area contributed by atoms with Gasteiger partial charge in [-0.3, -0.25) is 0 Å². The van der Waals surface area contributed by atoms with Gasteiger partial charge in [-0.15, -0.1) is 0 Å². The number of ether oxygens (including phenoxy) is 1. The Hall–Kier alpha value is -2.09. The molecule has 0 bridgehead atoms. The maximum absolute atomic E-state index is 5.60. The quantitative estimate of drug-likeness (QED) is 0.802. The standard InChI is InChI=1S/C16H17NO/c1-13(2)18-16-7-5-14(6-8-16)3-4-15-9-11-17-12-10-15/h3-13H,1-2H3/p+1/b4-3+. The maximum Gasteiger partial charge on any atom is 0.167 e. The van der Waals surface area contributed by atoms with Gasteiger partial charge in [0.05, 0.1) is 6.10 Å². The summed E-state index contributed by atoms with van der Waals surface area (Å²) in [5.41, 5.74) is 2.34. The van der Waals surface area contributed by atoms with E-state index in [1.54, 1.807) is 0 Å². The summed E-state index contributed by atoms with van der Waals surface area (Å²) in [7, 11) is 0. The topological polar surface area (TPSA) is 23.4 Å². The number of benzene rings is 1. The van der Waals surface area contributed by atoms with E-state index in [1.807, 2.05) is 50.5 Å². The minimum Gasteiger partial charge on any atom is -0.491 e. The van der Waals surface area contributed by atoms with Crippen molar-refractivity contribution in [1.29, 1.82) is 0 Å². The van der Waals surface area contributed by atoms with Gasteiger partial charge in [-0.1, -0.05) is 24.3 Å². The van der Waals surface area contributed by atoms with E-state index >= 15 is 0 Å². The summed E-state index contributed by atoms with van der Waals surface area (Å²) in [6.07, 6.45) is 8.23. The molecule has 0 radical (unpaired) electrons. The van der Waals surface area contributed by atoms with Gasteiger partial charge in [0.2, 0.25) is 0 Å². The van der Waals surface area contributed by atoms with E-state index < -0.39 is 0 Å². The van der Waals surface area contributed by atoms with Gasteiger partial charge in [0, 0.05) is 12.1 Å². The molecule has 2 rings (SSSR count). The number of nitrogens with one attached hydrogen (secondary N) is 1. The van der Waals surface area contributed by atoms with E-state index in [0.29, 0.717) is 0 Å². The number of hydrogen-bond acceptors (Lipinski definition) is 1. The van der Waals surface area contributed by atoms with E-state index in [4.69, 9.17) is 4.74 Å². The van der Waals surface area contributed by atoms with Crippen LogP contribution in [-0.2, 0) is 0 Å². The second-order valence-electron chi connectivity index (χ2n) is 4.40. The second kappa shape index (κ2) is 6.01. The van der Waals surface area contributed by atoms with Gasteiger partial charge in [-0.25, -0.2) is 4.98 Å². The van der Waals surface area contributed by atoms with Crippen LogP contribution in [0.2, 0.25) is 0 Å². The van der Waals surface area contributed by atoms with Crippen LogP contribution in [0.1, 0.15) is 25.0 Å². The predicted octanol–water partition coefficient (Wildman–Crippen LogP) is 3.46. The highest BCUT2D eigenvalue weighted by Crippen LogP contribution is 2.15. The number of H-pyrrole nitrogens is 1. The Morgan fingerprint density at radius 3 is 2.00 bits per heavy atom. The van der Waals surface area contributed by atoms with Crippen molar-refractivity contribution in [3.63, 3.8) is 0 Å². The third-order valence-electron chi connectivity index (χ3n) is 2.46. The number of rotatable bonds is 4. The minimum atomic E-state index is 0.215. The molecule has 0 amide bonds. The van der Waals surface area contributed by atoms with Crippen molar-refractivity contribution in [2.24, 2.45) is 0 Å². The van der Waals surface area contributed by atoms with Crippen molar-refractivity contribution in [3.8, 4) is 5.75 Å². The summed E-state index contributed by atoms with van der Waals surface area (Å²) in [4.78, 5) is 3.01. The summed E-state index contributed by atoms with van der Waals surface area (Å²) in [5.74, 6) is 0.913. The lowest BCUT2D eigenvalue weighted by Crippen LogP contribution is -2.05. The fraction of sp³-hybridized carbons (Fsp3) is 0.188. The molecule has 2 nitrogen and oxygen atoms in total. The summed E-state index contributed by atoms with van der Waals surface area (Å²) in [6.45, 7) is 4.06. The summed E-state index contributed by atoms with van der Waals surface area (Å²) >= 11 is 0. The molecule has 0 aliphatic heterocycles. The van der Waals surface area contributed by atoms with Crippen molar-refractivity contribution < 1.29 is 9.72 Å². The van der Waals surface area contributed by atoms with Crippen molar-refractivity contribution in [2.45, 2.75) is 20.0 Å². The first-order valence-corrected chi connectivity index (χ1v) is 6.15. The smallest absolute Gasteiger partial charge is 0.167 e. The zero-order chi connectivity index (χ0) is 12.8. The Bertz CT molecular complexity index is 500. The average Bonchev–Trinajstić information content (AvgIpc) is 2.38. The number of pyridine rings is 1. The molecule has 18 heavy (non-hydrogen) atoms. The molecule has 1 aromatic heterocycles. The lowest BCUT2D eigenvalue weighted by molar-refractivity contribution is -0.378. The first-order valence-electron chi connectivity index (χ1n) is 6.15. The van der Waals surface area contributed by atoms with E-state index in [0.717, 1.165) is 5.75 Å². The normalized spacial score (nSPS) is 11.1. The zero-order valence-electron chi connectivity index (χ0n) is 10.8. The fourth-order valence-electron chi connectivity index (χ4n) is 1.63. The van der Waals surface area contributed by atoms with Crippen LogP contribution >= 0.6 is 0 Å². The molecule has 0 aliphatic rings. The van der Waals surface area contributed by atoms with E-state index in [1.165, 1.54) is 11.1 Å². The zero-order valence-corrected chi connectivity index (χ0v) is 10.8. The summed E-state index contributed by atoms with van der Waals surface area (Å²) in [6, 6.07) is 12.2. The molecule has 0 saturated carbocycles. The van der Waals surface area contributed by atoms with Crippen LogP contribution in [0.5, 0.6) is 5.75 Å². The maximum atomic E-state index is 5.60. The predicted molar refractivity (Wildman–Crippen MR) is 74.1 cm³/mol. The first kappa shape index (κ1) is 12.4. The molecule has 0 atom stereocenters. The average molecular weight is 240 g/mol.